The Labute approximate surface area is 314 Å². The molecule has 0 bridgehead atoms. The molecule has 0 radical (unpaired) electrons. The van der Waals surface area contributed by atoms with Gasteiger partial charge in [0.25, 0.3) is 11.8 Å². The van der Waals surface area contributed by atoms with Crippen molar-refractivity contribution in [3.8, 4) is 0 Å². The van der Waals surface area contributed by atoms with Crippen LogP contribution in [-0.4, -0.2) is 193 Å². The van der Waals surface area contributed by atoms with Crippen molar-refractivity contribution in [2.75, 3.05) is 159 Å². The van der Waals surface area contributed by atoms with Crippen molar-refractivity contribution >= 4 is 23.7 Å². The van der Waals surface area contributed by atoms with Gasteiger partial charge in [-0.1, -0.05) is 6.42 Å². The Bertz CT molecular complexity index is 899. The van der Waals surface area contributed by atoms with Crippen LogP contribution in [0.1, 0.15) is 45.4 Å². The Morgan fingerprint density at radius 2 is 0.830 bits per heavy atom. The molecule has 0 aliphatic carbocycles. The summed E-state index contributed by atoms with van der Waals surface area (Å²) in [6.45, 7) is 12.7. The van der Waals surface area contributed by atoms with E-state index in [-0.39, 0.29) is 25.2 Å². The lowest BCUT2D eigenvalue weighted by Gasteiger charge is -2.21. The molecule has 0 atom stereocenters. The normalized spacial score (nSPS) is 13.0. The molecule has 3 amide bonds. The molecule has 0 aromatic heterocycles. The topological polar surface area (TPSA) is 186 Å². The van der Waals surface area contributed by atoms with E-state index in [4.69, 9.17) is 56.9 Å². The Kier molecular flexibility index (Phi) is 33.6. The van der Waals surface area contributed by atoms with Gasteiger partial charge in [0.15, 0.2) is 0 Å². The van der Waals surface area contributed by atoms with Gasteiger partial charge >= 0.3 is 5.97 Å². The van der Waals surface area contributed by atoms with Gasteiger partial charge in [-0.3, -0.25) is 14.4 Å². The molecule has 18 nitrogen and oxygen atoms in total. The number of imide groups is 1. The third-order valence-electron chi connectivity index (χ3n) is 7.24. The van der Waals surface area contributed by atoms with Crippen molar-refractivity contribution in [3.05, 3.63) is 0 Å². The van der Waals surface area contributed by atoms with Gasteiger partial charge in [-0.05, 0) is 12.8 Å². The molecule has 0 aromatic rings. The maximum absolute atomic E-state index is 11.9. The minimum Gasteiger partial charge on any atom is -0.382 e. The zero-order valence-electron chi connectivity index (χ0n) is 31.9. The first-order chi connectivity index (χ1) is 26.0. The van der Waals surface area contributed by atoms with Gasteiger partial charge in [-0.15, -0.1) is 5.06 Å². The van der Waals surface area contributed by atoms with E-state index in [1.807, 2.05) is 0 Å². The van der Waals surface area contributed by atoms with Crippen molar-refractivity contribution in [2.24, 2.45) is 0 Å². The summed E-state index contributed by atoms with van der Waals surface area (Å²) in [6.07, 6.45) is 2.14. The van der Waals surface area contributed by atoms with E-state index in [1.165, 1.54) is 6.92 Å². The summed E-state index contributed by atoms with van der Waals surface area (Å²) in [5.41, 5.74) is 0. The summed E-state index contributed by atoms with van der Waals surface area (Å²) in [5.74, 6) is -1.66. The van der Waals surface area contributed by atoms with E-state index in [0.29, 0.717) is 176 Å². The van der Waals surface area contributed by atoms with Crippen LogP contribution in [0.5, 0.6) is 0 Å². The fourth-order valence-corrected chi connectivity index (χ4v) is 4.38. The van der Waals surface area contributed by atoms with Crippen LogP contribution in [0.25, 0.3) is 0 Å². The van der Waals surface area contributed by atoms with Crippen molar-refractivity contribution < 1.29 is 76.1 Å². The molecule has 1 rings (SSSR count). The second kappa shape index (κ2) is 36.6. The summed E-state index contributed by atoms with van der Waals surface area (Å²) in [7, 11) is 1.64. The molecule has 310 valence electrons. The lowest BCUT2D eigenvalue weighted by Crippen LogP contribution is -2.33. The third-order valence-corrected chi connectivity index (χ3v) is 7.24. The smallest absolute Gasteiger partial charge is 0.333 e. The molecule has 0 N–H and O–H groups in total. The molecule has 1 fully saturated rings. The summed E-state index contributed by atoms with van der Waals surface area (Å²) in [5, 5.41) is 0.554. The predicted molar refractivity (Wildman–Crippen MR) is 188 cm³/mol. The largest absolute Gasteiger partial charge is 0.382 e. The van der Waals surface area contributed by atoms with Crippen LogP contribution in [0.15, 0.2) is 0 Å². The number of hydrogen-bond acceptors (Lipinski definition) is 16. The number of nitrogens with zero attached hydrogens (tertiary/aromatic N) is 2. The molecular formula is C35H64N2O16. The number of carbonyl (C=O) groups excluding carboxylic acids is 4. The van der Waals surface area contributed by atoms with Crippen molar-refractivity contribution in [1.82, 2.24) is 9.96 Å². The van der Waals surface area contributed by atoms with Gasteiger partial charge < -0.3 is 61.8 Å². The Hall–Kier alpha value is -2.36. The summed E-state index contributed by atoms with van der Waals surface area (Å²) in [4.78, 5) is 53.4. The Morgan fingerprint density at radius 3 is 1.17 bits per heavy atom. The van der Waals surface area contributed by atoms with E-state index >= 15 is 0 Å². The summed E-state index contributed by atoms with van der Waals surface area (Å²) in [6, 6.07) is 0. The molecule has 18 heteroatoms. The monoisotopic (exact) mass is 768 g/mol. The maximum atomic E-state index is 11.9. The molecule has 1 aliphatic heterocycles. The molecular weight excluding hydrogens is 704 g/mol. The first-order valence-electron chi connectivity index (χ1n) is 18.5. The highest BCUT2D eigenvalue weighted by atomic mass is 16.7. The quantitative estimate of drug-likeness (QED) is 0.0630. The van der Waals surface area contributed by atoms with Gasteiger partial charge in [0.1, 0.15) is 0 Å². The molecule has 53 heavy (non-hydrogen) atoms. The van der Waals surface area contributed by atoms with Crippen LogP contribution in [0.2, 0.25) is 0 Å². The number of carbonyl (C=O) groups is 4. The summed E-state index contributed by atoms with van der Waals surface area (Å²) >= 11 is 0. The van der Waals surface area contributed by atoms with Gasteiger partial charge in [0.2, 0.25) is 5.91 Å². The second-order valence-electron chi connectivity index (χ2n) is 11.5. The Morgan fingerprint density at radius 1 is 0.491 bits per heavy atom. The SMILES string of the molecule is COCCOCCOCCOCCOCCOCCOCCOCCOCCOCCOCCN(CCCCCC(=O)ON1C(=O)CCC1=O)C(C)=O. The van der Waals surface area contributed by atoms with Crippen LogP contribution >= 0.6 is 0 Å². The molecule has 1 heterocycles. The standard InChI is InChI=1S/C35H64N2O16/c1-32(38)36(9-5-3-4-6-35(41)53-37-33(39)7-8-34(37)40)10-11-43-14-15-45-18-19-47-22-23-49-26-27-51-30-31-52-29-28-50-25-24-48-21-20-46-17-16-44-13-12-42-2/h3-31H2,1-2H3. The van der Waals surface area contributed by atoms with Crippen LogP contribution in [0, 0.1) is 0 Å². The minimum atomic E-state index is -0.614. The van der Waals surface area contributed by atoms with Crippen molar-refractivity contribution in [1.29, 1.82) is 0 Å². The number of amides is 3. The maximum Gasteiger partial charge on any atom is 0.333 e. The zero-order valence-corrected chi connectivity index (χ0v) is 31.9. The Balaban J connectivity index is 1.75. The molecule has 0 aromatic carbocycles. The van der Waals surface area contributed by atoms with Gasteiger partial charge in [-0.2, -0.15) is 0 Å². The van der Waals surface area contributed by atoms with Gasteiger partial charge in [-0.25, -0.2) is 4.79 Å². The molecule has 1 saturated heterocycles. The second-order valence-corrected chi connectivity index (χ2v) is 11.5. The van der Waals surface area contributed by atoms with Gasteiger partial charge in [0.05, 0.1) is 139 Å². The van der Waals surface area contributed by atoms with Crippen LogP contribution < -0.4 is 0 Å². The molecule has 0 unspecified atom stereocenters. The van der Waals surface area contributed by atoms with E-state index in [1.54, 1.807) is 12.0 Å². The number of methoxy groups -OCH3 is 1. The van der Waals surface area contributed by atoms with Crippen LogP contribution in [0.4, 0.5) is 0 Å². The van der Waals surface area contributed by atoms with E-state index < -0.39 is 17.8 Å². The third kappa shape index (κ3) is 30.6. The van der Waals surface area contributed by atoms with E-state index in [0.717, 1.165) is 0 Å². The zero-order chi connectivity index (χ0) is 38.5. The fourth-order valence-electron chi connectivity index (χ4n) is 4.38. The van der Waals surface area contributed by atoms with Crippen molar-refractivity contribution in [3.63, 3.8) is 0 Å². The van der Waals surface area contributed by atoms with E-state index in [9.17, 15) is 19.2 Å². The molecule has 1 aliphatic rings. The lowest BCUT2D eigenvalue weighted by molar-refractivity contribution is -0.197. The lowest BCUT2D eigenvalue weighted by atomic mass is 10.2. The van der Waals surface area contributed by atoms with E-state index in [2.05, 4.69) is 0 Å². The highest BCUT2D eigenvalue weighted by molar-refractivity contribution is 6.01. The number of ether oxygens (including phenoxy) is 11. The molecule has 0 spiro atoms. The van der Waals surface area contributed by atoms with Crippen LogP contribution in [0.3, 0.4) is 0 Å². The predicted octanol–water partition coefficient (Wildman–Crippen LogP) is 0.815. The molecule has 0 saturated carbocycles. The number of unbranched alkanes of at least 4 members (excludes halogenated alkanes) is 2. The fraction of sp³-hybridized carbons (Fsp3) is 0.886. The number of rotatable bonds is 40. The number of hydroxylamine groups is 2. The summed E-state index contributed by atoms with van der Waals surface area (Å²) < 4.78 is 59.5. The highest BCUT2D eigenvalue weighted by Crippen LogP contribution is 2.13. The van der Waals surface area contributed by atoms with Crippen LogP contribution in [-0.2, 0) is 76.1 Å². The minimum absolute atomic E-state index is 0.0550. The number of hydrogen-bond donors (Lipinski definition) is 0. The first kappa shape index (κ1) is 48.7. The average Bonchev–Trinajstić information content (AvgIpc) is 3.46. The van der Waals surface area contributed by atoms with Crippen molar-refractivity contribution in [2.45, 2.75) is 45.4 Å². The highest BCUT2D eigenvalue weighted by Gasteiger charge is 2.32. The van der Waals surface area contributed by atoms with Gasteiger partial charge in [0, 0.05) is 46.4 Å². The average molecular weight is 769 g/mol. The first-order valence-corrected chi connectivity index (χ1v) is 18.5.